The highest BCUT2D eigenvalue weighted by Crippen LogP contribution is 2.42. The van der Waals surface area contributed by atoms with E-state index in [1.807, 2.05) is 30.3 Å². The molecule has 2 aromatic carbocycles. The molecule has 164 valence electrons. The second-order valence-corrected chi connectivity index (χ2v) is 8.24. The molecule has 2 aromatic rings. The lowest BCUT2D eigenvalue weighted by Gasteiger charge is -2.26. The van der Waals surface area contributed by atoms with E-state index in [1.54, 1.807) is 18.2 Å². The van der Waals surface area contributed by atoms with Crippen molar-refractivity contribution in [1.82, 2.24) is 0 Å². The number of benzene rings is 2. The molecule has 0 amide bonds. The first-order valence-electron chi connectivity index (χ1n) is 11.2. The van der Waals surface area contributed by atoms with Gasteiger partial charge in [-0.05, 0) is 43.4 Å². The highest BCUT2D eigenvalue weighted by molar-refractivity contribution is 6.03. The van der Waals surface area contributed by atoms with Crippen LogP contribution in [0.25, 0.3) is 0 Å². The Morgan fingerprint density at radius 2 is 1.55 bits per heavy atom. The van der Waals surface area contributed by atoms with Crippen molar-refractivity contribution in [2.75, 3.05) is 13.2 Å². The second-order valence-electron chi connectivity index (χ2n) is 8.24. The Morgan fingerprint density at radius 1 is 0.839 bits per heavy atom. The van der Waals surface area contributed by atoms with Crippen molar-refractivity contribution in [1.29, 1.82) is 0 Å². The van der Waals surface area contributed by atoms with Crippen LogP contribution >= 0.6 is 0 Å². The van der Waals surface area contributed by atoms with Gasteiger partial charge >= 0.3 is 0 Å². The average Bonchev–Trinajstić information content (AvgIpc) is 3.62. The largest absolute Gasteiger partial charge is 0.465 e. The molecule has 0 saturated carbocycles. The maximum absolute atomic E-state index is 13.2. The molecule has 0 radical (unpaired) electrons. The zero-order valence-corrected chi connectivity index (χ0v) is 17.5. The minimum Gasteiger partial charge on any atom is -0.465 e. The number of hydrogen-bond donors (Lipinski definition) is 0. The van der Waals surface area contributed by atoms with Gasteiger partial charge in [-0.1, -0.05) is 30.3 Å². The zero-order valence-electron chi connectivity index (χ0n) is 17.5. The summed E-state index contributed by atoms with van der Waals surface area (Å²) < 4.78 is 29.3. The third-order valence-corrected chi connectivity index (χ3v) is 5.90. The summed E-state index contributed by atoms with van der Waals surface area (Å²) in [6.45, 7) is 1.38. The highest BCUT2D eigenvalue weighted by atomic mass is 16.7. The summed E-state index contributed by atoms with van der Waals surface area (Å²) in [6.07, 6.45) is 4.56. The van der Waals surface area contributed by atoms with Crippen LogP contribution in [0.1, 0.15) is 60.6 Å². The van der Waals surface area contributed by atoms with Crippen molar-refractivity contribution in [2.45, 2.75) is 63.3 Å². The normalized spacial score (nSPS) is 28.0. The SMILES string of the molecule is O=C(c1ccc(OC2CCCCO2)cc1OC1CCCCO1)[C@H]1O[C@@H]1c1ccccc1. The van der Waals surface area contributed by atoms with Gasteiger partial charge in [0, 0.05) is 18.9 Å². The van der Waals surface area contributed by atoms with Gasteiger partial charge in [0.25, 0.3) is 0 Å². The van der Waals surface area contributed by atoms with Crippen LogP contribution in [0, 0.1) is 0 Å². The lowest BCUT2D eigenvalue weighted by molar-refractivity contribution is -0.109. The Morgan fingerprint density at radius 3 is 2.23 bits per heavy atom. The van der Waals surface area contributed by atoms with Crippen molar-refractivity contribution < 1.29 is 28.5 Å². The highest BCUT2D eigenvalue weighted by Gasteiger charge is 2.47. The predicted molar refractivity (Wildman–Crippen MR) is 113 cm³/mol. The Labute approximate surface area is 182 Å². The molecule has 3 heterocycles. The fraction of sp³-hybridized carbons (Fsp3) is 0.480. The minimum absolute atomic E-state index is 0.0832. The molecule has 3 fully saturated rings. The van der Waals surface area contributed by atoms with E-state index in [0.29, 0.717) is 30.3 Å². The van der Waals surface area contributed by atoms with Crippen LogP contribution in [0.3, 0.4) is 0 Å². The molecule has 2 unspecified atom stereocenters. The standard InChI is InChI=1S/C25H28O6/c26-23(25-24(31-25)17-8-2-1-3-9-17)19-13-12-18(29-21-10-4-6-14-27-21)16-20(19)30-22-11-5-7-15-28-22/h1-3,8-9,12-13,16,21-22,24-25H,4-7,10-11,14-15H2/t21?,22?,24-,25-/m1/s1. The van der Waals surface area contributed by atoms with Gasteiger partial charge in [0.1, 0.15) is 17.6 Å². The molecule has 0 aromatic heterocycles. The number of ether oxygens (including phenoxy) is 5. The van der Waals surface area contributed by atoms with Gasteiger partial charge in [-0.3, -0.25) is 4.79 Å². The third-order valence-electron chi connectivity index (χ3n) is 5.90. The van der Waals surface area contributed by atoms with E-state index in [4.69, 9.17) is 23.7 Å². The number of carbonyl (C=O) groups excluding carboxylic acids is 1. The molecule has 6 nitrogen and oxygen atoms in total. The van der Waals surface area contributed by atoms with Crippen LogP contribution in [-0.4, -0.2) is 37.7 Å². The summed E-state index contributed by atoms with van der Waals surface area (Å²) in [5, 5.41) is 0. The Hall–Kier alpha value is -2.41. The molecular weight excluding hydrogens is 396 g/mol. The van der Waals surface area contributed by atoms with Crippen LogP contribution in [0.5, 0.6) is 11.5 Å². The van der Waals surface area contributed by atoms with Crippen molar-refractivity contribution in [2.24, 2.45) is 0 Å². The zero-order chi connectivity index (χ0) is 21.0. The van der Waals surface area contributed by atoms with Gasteiger partial charge in [-0.25, -0.2) is 0 Å². The van der Waals surface area contributed by atoms with E-state index in [0.717, 1.165) is 44.1 Å². The van der Waals surface area contributed by atoms with Gasteiger partial charge < -0.3 is 23.7 Å². The van der Waals surface area contributed by atoms with E-state index in [-0.39, 0.29) is 24.5 Å². The van der Waals surface area contributed by atoms with Gasteiger partial charge in [0.2, 0.25) is 0 Å². The number of hydrogen-bond acceptors (Lipinski definition) is 6. The molecule has 5 rings (SSSR count). The molecule has 0 bridgehead atoms. The van der Waals surface area contributed by atoms with Crippen LogP contribution in [0.15, 0.2) is 48.5 Å². The first-order chi connectivity index (χ1) is 15.3. The molecule has 6 heteroatoms. The molecule has 0 aliphatic carbocycles. The van der Waals surface area contributed by atoms with E-state index in [2.05, 4.69) is 0 Å². The molecule has 3 aliphatic heterocycles. The van der Waals surface area contributed by atoms with E-state index in [9.17, 15) is 4.79 Å². The molecule has 31 heavy (non-hydrogen) atoms. The quantitative estimate of drug-likeness (QED) is 0.469. The van der Waals surface area contributed by atoms with Gasteiger partial charge in [-0.2, -0.15) is 0 Å². The predicted octanol–water partition coefficient (Wildman–Crippen LogP) is 4.82. The third kappa shape index (κ3) is 4.92. The van der Waals surface area contributed by atoms with Crippen LogP contribution in [0.2, 0.25) is 0 Å². The molecule has 4 atom stereocenters. The Bertz CT molecular complexity index is 886. The van der Waals surface area contributed by atoms with Gasteiger partial charge in [0.05, 0.1) is 18.8 Å². The lowest BCUT2D eigenvalue weighted by atomic mass is 10.0. The summed E-state index contributed by atoms with van der Waals surface area (Å²) in [5.74, 6) is 1.03. The van der Waals surface area contributed by atoms with Crippen molar-refractivity contribution in [3.63, 3.8) is 0 Å². The molecule has 0 N–H and O–H groups in total. The molecule has 0 spiro atoms. The number of Topliss-reactive ketones (excluding diaryl/α,β-unsaturated/α-hetero) is 1. The van der Waals surface area contributed by atoms with Crippen LogP contribution in [0.4, 0.5) is 0 Å². The first-order valence-corrected chi connectivity index (χ1v) is 11.2. The van der Waals surface area contributed by atoms with E-state index >= 15 is 0 Å². The number of rotatable bonds is 7. The minimum atomic E-state index is -0.495. The Balaban J connectivity index is 1.35. The van der Waals surface area contributed by atoms with Gasteiger partial charge in [-0.15, -0.1) is 0 Å². The summed E-state index contributed by atoms with van der Waals surface area (Å²) >= 11 is 0. The summed E-state index contributed by atoms with van der Waals surface area (Å²) in [4.78, 5) is 13.2. The van der Waals surface area contributed by atoms with Crippen molar-refractivity contribution in [3.05, 3.63) is 59.7 Å². The van der Waals surface area contributed by atoms with E-state index in [1.165, 1.54) is 0 Å². The van der Waals surface area contributed by atoms with Crippen LogP contribution < -0.4 is 9.47 Å². The second kappa shape index (κ2) is 9.39. The fourth-order valence-electron chi connectivity index (χ4n) is 4.14. The summed E-state index contributed by atoms with van der Waals surface area (Å²) in [7, 11) is 0. The topological polar surface area (TPSA) is 66.5 Å². The monoisotopic (exact) mass is 424 g/mol. The van der Waals surface area contributed by atoms with Crippen LogP contribution in [-0.2, 0) is 14.2 Å². The number of epoxide rings is 1. The Kier molecular flexibility index (Phi) is 6.20. The van der Waals surface area contributed by atoms with Crippen molar-refractivity contribution >= 4 is 5.78 Å². The van der Waals surface area contributed by atoms with Gasteiger partial charge in [0.15, 0.2) is 24.5 Å². The number of carbonyl (C=O) groups is 1. The maximum Gasteiger partial charge on any atom is 0.199 e. The number of ketones is 1. The van der Waals surface area contributed by atoms with Crippen molar-refractivity contribution in [3.8, 4) is 11.5 Å². The molecule has 3 saturated heterocycles. The molecule has 3 aliphatic rings. The summed E-state index contributed by atoms with van der Waals surface area (Å²) in [5.41, 5.74) is 1.50. The molecular formula is C25H28O6. The lowest BCUT2D eigenvalue weighted by Crippen LogP contribution is -2.27. The fourth-order valence-corrected chi connectivity index (χ4v) is 4.14. The average molecular weight is 424 g/mol. The maximum atomic E-state index is 13.2. The first kappa shape index (κ1) is 20.5. The smallest absolute Gasteiger partial charge is 0.199 e. The van der Waals surface area contributed by atoms with E-state index < -0.39 is 6.10 Å². The summed E-state index contributed by atoms with van der Waals surface area (Å²) in [6, 6.07) is 15.2.